The normalized spacial score (nSPS) is 16.3. The fourth-order valence-electron chi connectivity index (χ4n) is 1.58. The summed E-state index contributed by atoms with van der Waals surface area (Å²) in [5.41, 5.74) is 5.07. The zero-order valence-electron chi connectivity index (χ0n) is 10.3. The SMILES string of the molecule is CC(Cc1cccs1)NCC(/C(N)=N/O)C(F)(F)F. The van der Waals surface area contributed by atoms with Crippen molar-refractivity contribution < 1.29 is 18.4 Å². The van der Waals surface area contributed by atoms with Crippen LogP contribution >= 0.6 is 11.3 Å². The van der Waals surface area contributed by atoms with Crippen molar-refractivity contribution in [1.29, 1.82) is 0 Å². The quantitative estimate of drug-likeness (QED) is 0.326. The predicted molar refractivity (Wildman–Crippen MR) is 68.4 cm³/mol. The molecular weight excluding hydrogens is 279 g/mol. The van der Waals surface area contributed by atoms with Gasteiger partial charge in [-0.25, -0.2) is 0 Å². The summed E-state index contributed by atoms with van der Waals surface area (Å²) in [5.74, 6) is -2.81. The molecule has 1 rings (SSSR count). The molecule has 2 unspecified atom stereocenters. The monoisotopic (exact) mass is 295 g/mol. The Labute approximate surface area is 113 Å². The van der Waals surface area contributed by atoms with Crippen LogP contribution in [0.4, 0.5) is 13.2 Å². The predicted octanol–water partition coefficient (Wildman–Crippen LogP) is 2.19. The minimum Gasteiger partial charge on any atom is -0.409 e. The van der Waals surface area contributed by atoms with Crippen LogP contribution in [0.1, 0.15) is 11.8 Å². The van der Waals surface area contributed by atoms with Crippen LogP contribution in [0, 0.1) is 5.92 Å². The van der Waals surface area contributed by atoms with E-state index in [1.54, 1.807) is 18.3 Å². The maximum absolute atomic E-state index is 12.7. The van der Waals surface area contributed by atoms with Gasteiger partial charge in [-0.3, -0.25) is 0 Å². The summed E-state index contributed by atoms with van der Waals surface area (Å²) in [4.78, 5) is 1.09. The number of hydrogen-bond acceptors (Lipinski definition) is 4. The molecule has 4 N–H and O–H groups in total. The van der Waals surface area contributed by atoms with Crippen LogP contribution in [0.25, 0.3) is 0 Å². The molecule has 0 saturated heterocycles. The second-order valence-corrected chi connectivity index (χ2v) is 5.24. The van der Waals surface area contributed by atoms with E-state index in [0.717, 1.165) is 4.88 Å². The van der Waals surface area contributed by atoms with Crippen molar-refractivity contribution in [3.63, 3.8) is 0 Å². The molecule has 1 aromatic heterocycles. The molecule has 0 spiro atoms. The van der Waals surface area contributed by atoms with Gasteiger partial charge in [0.15, 0.2) is 5.84 Å². The fraction of sp³-hybridized carbons (Fsp3) is 0.545. The first-order valence-electron chi connectivity index (χ1n) is 5.64. The minimum absolute atomic E-state index is 0.130. The molecule has 0 aliphatic carbocycles. The Morgan fingerprint density at radius 2 is 2.26 bits per heavy atom. The molecule has 0 amide bonds. The molecule has 0 aromatic carbocycles. The third kappa shape index (κ3) is 5.07. The smallest absolute Gasteiger partial charge is 0.400 e. The molecule has 1 heterocycles. The van der Waals surface area contributed by atoms with E-state index in [9.17, 15) is 13.2 Å². The van der Waals surface area contributed by atoms with Crippen molar-refractivity contribution in [2.24, 2.45) is 16.8 Å². The first-order chi connectivity index (χ1) is 8.84. The number of hydrogen-bond donors (Lipinski definition) is 3. The lowest BCUT2D eigenvalue weighted by atomic mass is 10.1. The van der Waals surface area contributed by atoms with Gasteiger partial charge >= 0.3 is 6.18 Å². The first-order valence-corrected chi connectivity index (χ1v) is 6.52. The molecule has 1 aromatic rings. The van der Waals surface area contributed by atoms with Crippen molar-refractivity contribution in [3.8, 4) is 0 Å². The molecule has 108 valence electrons. The van der Waals surface area contributed by atoms with Crippen molar-refractivity contribution >= 4 is 17.2 Å². The Hall–Kier alpha value is -1.28. The van der Waals surface area contributed by atoms with Crippen molar-refractivity contribution in [3.05, 3.63) is 22.4 Å². The van der Waals surface area contributed by atoms with Gasteiger partial charge in [0.2, 0.25) is 0 Å². The van der Waals surface area contributed by atoms with Crippen LogP contribution in [0.15, 0.2) is 22.7 Å². The summed E-state index contributed by atoms with van der Waals surface area (Å²) in [6.07, 6.45) is -3.90. The molecule has 8 heteroatoms. The highest BCUT2D eigenvalue weighted by Crippen LogP contribution is 2.26. The highest BCUT2D eigenvalue weighted by Gasteiger charge is 2.42. The average Bonchev–Trinajstić information content (AvgIpc) is 2.79. The van der Waals surface area contributed by atoms with Crippen LogP contribution < -0.4 is 11.1 Å². The van der Waals surface area contributed by atoms with Crippen LogP contribution in [-0.2, 0) is 6.42 Å². The Balaban J connectivity index is 2.52. The van der Waals surface area contributed by atoms with E-state index < -0.39 is 24.5 Å². The van der Waals surface area contributed by atoms with Gasteiger partial charge in [-0.05, 0) is 24.8 Å². The van der Waals surface area contributed by atoms with Crippen LogP contribution in [0.5, 0.6) is 0 Å². The number of halogens is 3. The Morgan fingerprint density at radius 1 is 1.58 bits per heavy atom. The van der Waals surface area contributed by atoms with E-state index >= 15 is 0 Å². The van der Waals surface area contributed by atoms with E-state index in [4.69, 9.17) is 10.9 Å². The molecule has 4 nitrogen and oxygen atoms in total. The Morgan fingerprint density at radius 3 is 2.74 bits per heavy atom. The summed E-state index contributed by atoms with van der Waals surface area (Å²) in [6, 6.07) is 3.69. The number of nitrogens with zero attached hydrogens (tertiary/aromatic N) is 1. The van der Waals surface area contributed by atoms with Crippen molar-refractivity contribution in [2.75, 3.05) is 6.54 Å². The maximum Gasteiger partial charge on any atom is 0.400 e. The largest absolute Gasteiger partial charge is 0.409 e. The second-order valence-electron chi connectivity index (χ2n) is 4.21. The van der Waals surface area contributed by atoms with Gasteiger partial charge in [-0.1, -0.05) is 11.2 Å². The number of nitrogens with one attached hydrogen (secondary N) is 1. The molecule has 0 fully saturated rings. The maximum atomic E-state index is 12.7. The Kier molecular flexibility index (Phi) is 5.61. The zero-order valence-corrected chi connectivity index (χ0v) is 11.1. The number of thiophene rings is 1. The van der Waals surface area contributed by atoms with Gasteiger partial charge in [-0.2, -0.15) is 13.2 Å². The Bertz CT molecular complexity index is 406. The van der Waals surface area contributed by atoms with Crippen LogP contribution in [0.3, 0.4) is 0 Å². The number of oxime groups is 1. The van der Waals surface area contributed by atoms with Gasteiger partial charge < -0.3 is 16.3 Å². The molecule has 0 aliphatic rings. The lowest BCUT2D eigenvalue weighted by Gasteiger charge is -2.21. The zero-order chi connectivity index (χ0) is 14.5. The molecular formula is C11H16F3N3OS. The molecule has 0 bridgehead atoms. The summed E-state index contributed by atoms with van der Waals surface area (Å²) in [6.45, 7) is 1.38. The van der Waals surface area contributed by atoms with E-state index in [1.807, 2.05) is 17.5 Å². The highest BCUT2D eigenvalue weighted by atomic mass is 32.1. The molecule has 0 aliphatic heterocycles. The number of amidine groups is 1. The van der Waals surface area contributed by atoms with Gasteiger partial charge in [0.05, 0.1) is 0 Å². The first kappa shape index (κ1) is 15.8. The number of nitrogens with two attached hydrogens (primary N) is 1. The summed E-state index contributed by atoms with van der Waals surface area (Å²) in [7, 11) is 0. The molecule has 19 heavy (non-hydrogen) atoms. The summed E-state index contributed by atoms with van der Waals surface area (Å²) in [5, 5.41) is 15.5. The van der Waals surface area contributed by atoms with Gasteiger partial charge in [-0.15, -0.1) is 11.3 Å². The van der Waals surface area contributed by atoms with E-state index in [-0.39, 0.29) is 6.04 Å². The van der Waals surface area contributed by atoms with Crippen molar-refractivity contribution in [2.45, 2.75) is 25.6 Å². The summed E-state index contributed by atoms with van der Waals surface area (Å²) >= 11 is 1.55. The third-order valence-electron chi connectivity index (χ3n) is 2.63. The standard InChI is InChI=1S/C11H16F3N3OS/c1-7(5-8-3-2-4-19-8)16-6-9(10(15)17-18)11(12,13)14/h2-4,7,9,16,18H,5-6H2,1H3,(H2,15,17). The molecule has 0 radical (unpaired) electrons. The summed E-state index contributed by atoms with van der Waals surface area (Å²) < 4.78 is 38.0. The number of alkyl halides is 3. The van der Waals surface area contributed by atoms with Crippen LogP contribution in [-0.4, -0.2) is 29.8 Å². The molecule has 0 saturated carbocycles. The lowest BCUT2D eigenvalue weighted by molar-refractivity contribution is -0.155. The van der Waals surface area contributed by atoms with Crippen LogP contribution in [0.2, 0.25) is 0 Å². The van der Waals surface area contributed by atoms with Gasteiger partial charge in [0, 0.05) is 17.5 Å². The highest BCUT2D eigenvalue weighted by molar-refractivity contribution is 7.09. The molecule has 2 atom stereocenters. The fourth-order valence-corrected chi connectivity index (χ4v) is 2.41. The van der Waals surface area contributed by atoms with Gasteiger partial charge in [0.1, 0.15) is 5.92 Å². The lowest BCUT2D eigenvalue weighted by Crippen LogP contribution is -2.45. The second kappa shape index (κ2) is 6.76. The number of rotatable bonds is 6. The third-order valence-corrected chi connectivity index (χ3v) is 3.52. The average molecular weight is 295 g/mol. The van der Waals surface area contributed by atoms with E-state index in [2.05, 4.69) is 10.5 Å². The topological polar surface area (TPSA) is 70.6 Å². The van der Waals surface area contributed by atoms with Gasteiger partial charge in [0.25, 0.3) is 0 Å². The van der Waals surface area contributed by atoms with Crippen molar-refractivity contribution in [1.82, 2.24) is 5.32 Å². The van der Waals surface area contributed by atoms with E-state index in [0.29, 0.717) is 6.42 Å². The minimum atomic E-state index is -4.54. The van der Waals surface area contributed by atoms with E-state index in [1.165, 1.54) is 0 Å².